The van der Waals surface area contributed by atoms with Crippen molar-refractivity contribution in [2.45, 2.75) is 32.7 Å². The predicted octanol–water partition coefficient (Wildman–Crippen LogP) is 4.65. The topological polar surface area (TPSA) is 34.1 Å². The summed E-state index contributed by atoms with van der Waals surface area (Å²) in [5.41, 5.74) is 2.17. The minimum absolute atomic E-state index is 0.0181. The van der Waals surface area contributed by atoms with E-state index in [0.717, 1.165) is 22.5 Å². The summed E-state index contributed by atoms with van der Waals surface area (Å²) in [4.78, 5) is 4.65. The zero-order valence-corrected chi connectivity index (χ0v) is 14.5. The largest absolute Gasteiger partial charge is 0.438 e. The van der Waals surface area contributed by atoms with Crippen LogP contribution in [0.4, 0.5) is 0 Å². The summed E-state index contributed by atoms with van der Waals surface area (Å²) in [7, 11) is 1.94. The first-order valence-corrected chi connectivity index (χ1v) is 7.78. The Morgan fingerprint density at radius 3 is 2.52 bits per heavy atom. The Bertz CT molecular complexity index is 620. The summed E-state index contributed by atoms with van der Waals surface area (Å²) in [6, 6.07) is 11.9. The molecule has 21 heavy (non-hydrogen) atoms. The molecule has 4 heteroatoms. The van der Waals surface area contributed by atoms with E-state index in [2.05, 4.69) is 53.1 Å². The van der Waals surface area contributed by atoms with Gasteiger partial charge in [-0.1, -0.05) is 32.9 Å². The molecule has 0 spiro atoms. The van der Waals surface area contributed by atoms with Crippen molar-refractivity contribution in [1.29, 1.82) is 0 Å². The van der Waals surface area contributed by atoms with E-state index in [0.29, 0.717) is 5.88 Å². The molecule has 1 N–H and O–H groups in total. The number of hydrogen-bond acceptors (Lipinski definition) is 3. The molecule has 1 heterocycles. The van der Waals surface area contributed by atoms with Crippen molar-refractivity contribution in [3.05, 3.63) is 52.1 Å². The van der Waals surface area contributed by atoms with Crippen molar-refractivity contribution in [3.8, 4) is 11.6 Å². The van der Waals surface area contributed by atoms with E-state index in [-0.39, 0.29) is 5.41 Å². The number of hydrogen-bond donors (Lipinski definition) is 1. The van der Waals surface area contributed by atoms with Gasteiger partial charge in [0.15, 0.2) is 0 Å². The van der Waals surface area contributed by atoms with Crippen molar-refractivity contribution in [3.63, 3.8) is 0 Å². The molecular formula is C17H21BrN2O. The van der Waals surface area contributed by atoms with E-state index in [1.807, 2.05) is 37.4 Å². The van der Waals surface area contributed by atoms with Crippen LogP contribution in [0.2, 0.25) is 0 Å². The maximum absolute atomic E-state index is 5.95. The number of pyridine rings is 1. The normalized spacial score (nSPS) is 11.5. The van der Waals surface area contributed by atoms with Crippen molar-refractivity contribution in [1.82, 2.24) is 10.3 Å². The fraction of sp³-hybridized carbons (Fsp3) is 0.353. The zero-order valence-electron chi connectivity index (χ0n) is 12.9. The lowest BCUT2D eigenvalue weighted by Crippen LogP contribution is -2.15. The Kier molecular flexibility index (Phi) is 5.01. The van der Waals surface area contributed by atoms with E-state index in [9.17, 15) is 0 Å². The zero-order chi connectivity index (χ0) is 15.5. The van der Waals surface area contributed by atoms with Crippen LogP contribution < -0.4 is 10.1 Å². The molecule has 0 aliphatic heterocycles. The lowest BCUT2D eigenvalue weighted by molar-refractivity contribution is 0.448. The minimum atomic E-state index is -0.0181. The summed E-state index contributed by atoms with van der Waals surface area (Å²) in [6.45, 7) is 7.25. The smallest absolute Gasteiger partial charge is 0.219 e. The SMILES string of the molecule is CNCc1cc(Oc2ccccc2Br)nc(C(C)(C)C)c1. The molecule has 0 aliphatic rings. The molecule has 112 valence electrons. The van der Waals surface area contributed by atoms with E-state index < -0.39 is 0 Å². The molecule has 0 fully saturated rings. The Labute approximate surface area is 134 Å². The summed E-state index contributed by atoms with van der Waals surface area (Å²) in [5, 5.41) is 3.17. The van der Waals surface area contributed by atoms with Crippen LogP contribution >= 0.6 is 15.9 Å². The van der Waals surface area contributed by atoms with Gasteiger partial charge in [-0.05, 0) is 46.7 Å². The summed E-state index contributed by atoms with van der Waals surface area (Å²) in [5.74, 6) is 1.39. The van der Waals surface area contributed by atoms with Gasteiger partial charge >= 0.3 is 0 Å². The molecule has 0 aliphatic carbocycles. The van der Waals surface area contributed by atoms with Crippen molar-refractivity contribution in [2.75, 3.05) is 7.05 Å². The van der Waals surface area contributed by atoms with Gasteiger partial charge in [-0.25, -0.2) is 4.98 Å². The number of nitrogens with one attached hydrogen (secondary N) is 1. The van der Waals surface area contributed by atoms with Gasteiger partial charge in [0.05, 0.1) is 10.2 Å². The third-order valence-corrected chi connectivity index (χ3v) is 3.72. The van der Waals surface area contributed by atoms with Gasteiger partial charge in [-0.3, -0.25) is 0 Å². The molecule has 2 aromatic rings. The number of benzene rings is 1. The van der Waals surface area contributed by atoms with Gasteiger partial charge in [0, 0.05) is 18.0 Å². The van der Waals surface area contributed by atoms with E-state index in [1.165, 1.54) is 5.56 Å². The first kappa shape index (κ1) is 16.0. The highest BCUT2D eigenvalue weighted by atomic mass is 79.9. The predicted molar refractivity (Wildman–Crippen MR) is 89.9 cm³/mol. The molecule has 3 nitrogen and oxygen atoms in total. The maximum Gasteiger partial charge on any atom is 0.219 e. The van der Waals surface area contributed by atoms with Gasteiger partial charge in [-0.2, -0.15) is 0 Å². The van der Waals surface area contributed by atoms with Gasteiger partial charge in [0.2, 0.25) is 5.88 Å². The first-order valence-electron chi connectivity index (χ1n) is 6.98. The number of rotatable bonds is 4. The maximum atomic E-state index is 5.95. The highest BCUT2D eigenvalue weighted by Gasteiger charge is 2.18. The molecule has 0 bridgehead atoms. The molecule has 0 saturated heterocycles. The van der Waals surface area contributed by atoms with E-state index in [1.54, 1.807) is 0 Å². The fourth-order valence-electron chi connectivity index (χ4n) is 1.94. The van der Waals surface area contributed by atoms with Crippen molar-refractivity contribution < 1.29 is 4.74 Å². The van der Waals surface area contributed by atoms with Crippen LogP contribution in [0, 0.1) is 0 Å². The second-order valence-electron chi connectivity index (χ2n) is 6.01. The molecule has 0 atom stereocenters. The van der Waals surface area contributed by atoms with Crippen LogP contribution in [0.25, 0.3) is 0 Å². The van der Waals surface area contributed by atoms with Gasteiger partial charge in [0.25, 0.3) is 0 Å². The molecule has 0 amide bonds. The quantitative estimate of drug-likeness (QED) is 0.872. The molecule has 0 unspecified atom stereocenters. The average molecular weight is 349 g/mol. The third kappa shape index (κ3) is 4.29. The molecular weight excluding hydrogens is 328 g/mol. The lowest BCUT2D eigenvalue weighted by Gasteiger charge is -2.20. The van der Waals surface area contributed by atoms with Crippen LogP contribution in [-0.2, 0) is 12.0 Å². The van der Waals surface area contributed by atoms with Crippen LogP contribution in [0.3, 0.4) is 0 Å². The standard InChI is InChI=1S/C17H21BrN2O/c1-17(2,3)15-9-12(11-19-4)10-16(20-15)21-14-8-6-5-7-13(14)18/h5-10,19H,11H2,1-4H3. The van der Waals surface area contributed by atoms with Crippen LogP contribution in [-0.4, -0.2) is 12.0 Å². The number of ether oxygens (including phenoxy) is 1. The second-order valence-corrected chi connectivity index (χ2v) is 6.87. The van der Waals surface area contributed by atoms with Crippen molar-refractivity contribution >= 4 is 15.9 Å². The highest BCUT2D eigenvalue weighted by molar-refractivity contribution is 9.10. The van der Waals surface area contributed by atoms with Crippen LogP contribution in [0.5, 0.6) is 11.6 Å². The first-order chi connectivity index (χ1) is 9.90. The number of halogens is 1. The average Bonchev–Trinajstić information content (AvgIpc) is 2.41. The summed E-state index contributed by atoms with van der Waals surface area (Å²) in [6.07, 6.45) is 0. The Morgan fingerprint density at radius 2 is 1.90 bits per heavy atom. The number of nitrogens with zero attached hydrogens (tertiary/aromatic N) is 1. The molecule has 1 aromatic heterocycles. The highest BCUT2D eigenvalue weighted by Crippen LogP contribution is 2.30. The van der Waals surface area contributed by atoms with Gasteiger partial charge < -0.3 is 10.1 Å². The monoisotopic (exact) mass is 348 g/mol. The lowest BCUT2D eigenvalue weighted by atomic mass is 9.91. The molecule has 1 aromatic carbocycles. The van der Waals surface area contributed by atoms with Crippen LogP contribution in [0.1, 0.15) is 32.0 Å². The number of aromatic nitrogens is 1. The van der Waals surface area contributed by atoms with Gasteiger partial charge in [0.1, 0.15) is 5.75 Å². The van der Waals surface area contributed by atoms with E-state index >= 15 is 0 Å². The molecule has 2 rings (SSSR count). The van der Waals surface area contributed by atoms with Crippen molar-refractivity contribution in [2.24, 2.45) is 0 Å². The summed E-state index contributed by atoms with van der Waals surface area (Å²) >= 11 is 3.50. The fourth-order valence-corrected chi connectivity index (χ4v) is 2.31. The minimum Gasteiger partial charge on any atom is -0.438 e. The summed E-state index contributed by atoms with van der Waals surface area (Å²) < 4.78 is 6.87. The molecule has 0 saturated carbocycles. The Morgan fingerprint density at radius 1 is 1.19 bits per heavy atom. The third-order valence-electron chi connectivity index (χ3n) is 3.06. The Balaban J connectivity index is 2.38. The molecule has 0 radical (unpaired) electrons. The second kappa shape index (κ2) is 6.58. The van der Waals surface area contributed by atoms with E-state index in [4.69, 9.17) is 4.74 Å². The van der Waals surface area contributed by atoms with Crippen LogP contribution in [0.15, 0.2) is 40.9 Å². The van der Waals surface area contributed by atoms with Gasteiger partial charge in [-0.15, -0.1) is 0 Å². The Hall–Kier alpha value is -1.39. The number of para-hydroxylation sites is 1.